The number of nitrogens with zero attached hydrogens (tertiary/aromatic N) is 2. The molecule has 2 aromatic rings. The van der Waals surface area contributed by atoms with E-state index in [1.165, 1.54) is 0 Å². The molecule has 1 aromatic heterocycles. The summed E-state index contributed by atoms with van der Waals surface area (Å²) in [4.78, 5) is 62.2. The van der Waals surface area contributed by atoms with Gasteiger partial charge in [0.2, 0.25) is 39.2 Å². The summed E-state index contributed by atoms with van der Waals surface area (Å²) in [5.74, 6) is -3.73. The highest BCUT2D eigenvalue weighted by atomic mass is 32.2. The average Bonchev–Trinajstić information content (AvgIpc) is 4.05. The number of pyridine rings is 1. The van der Waals surface area contributed by atoms with Gasteiger partial charge >= 0.3 is 12.3 Å². The number of alkyl carbamates (subject to hydrolysis) is 1. The molecular formula is C41H53F4N5O9S. The van der Waals surface area contributed by atoms with E-state index in [0.29, 0.717) is 38.5 Å². The Bertz CT molecular complexity index is 2130. The highest BCUT2D eigenvalue weighted by molar-refractivity contribution is 7.91. The minimum Gasteiger partial charge on any atom is -0.475 e. The van der Waals surface area contributed by atoms with Crippen LogP contribution in [0.4, 0.5) is 22.4 Å². The summed E-state index contributed by atoms with van der Waals surface area (Å²) in [6, 6.07) is 6.05. The Morgan fingerprint density at radius 3 is 2.45 bits per heavy atom. The summed E-state index contributed by atoms with van der Waals surface area (Å²) in [5, 5.41) is 6.41. The van der Waals surface area contributed by atoms with Crippen LogP contribution in [0.2, 0.25) is 0 Å². The minimum absolute atomic E-state index is 0.00989. The van der Waals surface area contributed by atoms with Gasteiger partial charge < -0.3 is 29.7 Å². The highest BCUT2D eigenvalue weighted by Crippen LogP contribution is 2.48. The standard InChI is InChI=1S/C41H53F4N5O9S/c1-23(2)57-31-18-26-12-8-10-14-29(26)34(46-31)58-28-19-30-33(51)48-40(36(53)49-60(55,56)39(22-42)15-16-39)20-27(40)13-9-7-11-24(3)17-25(4)32(35(52)50(30)21-28)47-37(54)59-38(5,6)41(43,44)45/h8-10,12-14,18,23-25,27-28,30,32H,7,11,15-17,19-22H2,1-6H3,(H,47,54)(H,48,51)(H,49,53)/b13-9-/t24-,25-,27?,28-,30+,32+,40-/m1/s1. The topological polar surface area (TPSA) is 182 Å². The number of fused-ring (bicyclic) bond motifs is 3. The monoisotopic (exact) mass is 867 g/mol. The van der Waals surface area contributed by atoms with E-state index in [4.69, 9.17) is 14.2 Å². The summed E-state index contributed by atoms with van der Waals surface area (Å²) in [7, 11) is -4.47. The molecule has 1 unspecified atom stereocenters. The molecule has 330 valence electrons. The second kappa shape index (κ2) is 16.6. The van der Waals surface area contributed by atoms with Crippen LogP contribution in [-0.4, -0.2) is 102 Å². The molecule has 2 aliphatic heterocycles. The zero-order valence-corrected chi connectivity index (χ0v) is 35.3. The van der Waals surface area contributed by atoms with E-state index in [1.807, 2.05) is 43.7 Å². The van der Waals surface area contributed by atoms with Gasteiger partial charge in [-0.15, -0.1) is 0 Å². The molecule has 4 amide bonds. The molecular weight excluding hydrogens is 815 g/mol. The Morgan fingerprint density at radius 2 is 1.80 bits per heavy atom. The number of nitrogens with one attached hydrogen (secondary N) is 3. The van der Waals surface area contributed by atoms with E-state index in [9.17, 15) is 45.2 Å². The maximum absolute atomic E-state index is 14.8. The van der Waals surface area contributed by atoms with Gasteiger partial charge in [-0.3, -0.25) is 19.1 Å². The van der Waals surface area contributed by atoms with Gasteiger partial charge in [-0.05, 0) is 89.5 Å². The van der Waals surface area contributed by atoms with Crippen LogP contribution < -0.4 is 24.8 Å². The maximum Gasteiger partial charge on any atom is 0.427 e. The molecule has 1 saturated heterocycles. The fourth-order valence-corrected chi connectivity index (χ4v) is 9.32. The average molecular weight is 868 g/mol. The fraction of sp³-hybridized carbons (Fsp3) is 0.634. The number of carbonyl (C=O) groups is 4. The lowest BCUT2D eigenvalue weighted by atomic mass is 9.88. The molecule has 3 heterocycles. The van der Waals surface area contributed by atoms with Crippen LogP contribution in [-0.2, 0) is 29.1 Å². The Kier molecular flexibility index (Phi) is 12.4. The molecule has 60 heavy (non-hydrogen) atoms. The smallest absolute Gasteiger partial charge is 0.427 e. The molecule has 2 saturated carbocycles. The lowest BCUT2D eigenvalue weighted by Crippen LogP contribution is -2.60. The molecule has 0 bridgehead atoms. The van der Waals surface area contributed by atoms with Crippen LogP contribution in [0.15, 0.2) is 42.5 Å². The van der Waals surface area contributed by atoms with Gasteiger partial charge in [-0.2, -0.15) is 18.2 Å². The predicted octanol–water partition coefficient (Wildman–Crippen LogP) is 5.64. The lowest BCUT2D eigenvalue weighted by Gasteiger charge is -2.34. The maximum atomic E-state index is 14.8. The molecule has 14 nitrogen and oxygen atoms in total. The van der Waals surface area contributed by atoms with Crippen molar-refractivity contribution in [2.45, 2.75) is 133 Å². The third kappa shape index (κ3) is 9.29. The lowest BCUT2D eigenvalue weighted by molar-refractivity contribution is -0.244. The van der Waals surface area contributed by atoms with E-state index in [2.05, 4.69) is 15.6 Å². The van der Waals surface area contributed by atoms with Crippen molar-refractivity contribution < 1.29 is 59.4 Å². The van der Waals surface area contributed by atoms with Gasteiger partial charge in [0.05, 0.1) is 12.6 Å². The number of allylic oxidation sites excluding steroid dienone is 1. The van der Waals surface area contributed by atoms with E-state index >= 15 is 0 Å². The van der Waals surface area contributed by atoms with Crippen molar-refractivity contribution in [1.82, 2.24) is 25.2 Å². The Hall–Kier alpha value is -4.68. The zero-order chi connectivity index (χ0) is 44.0. The normalized spacial score (nSPS) is 28.9. The number of alkyl halides is 4. The first-order valence-electron chi connectivity index (χ1n) is 20.2. The fourth-order valence-electron chi connectivity index (χ4n) is 7.89. The zero-order valence-electron chi connectivity index (χ0n) is 34.4. The van der Waals surface area contributed by atoms with Crippen molar-refractivity contribution in [1.29, 1.82) is 0 Å². The predicted molar refractivity (Wildman–Crippen MR) is 211 cm³/mol. The number of halogens is 4. The van der Waals surface area contributed by atoms with E-state index in [-0.39, 0.29) is 56.0 Å². The second-order valence-corrected chi connectivity index (χ2v) is 19.6. The van der Waals surface area contributed by atoms with Crippen LogP contribution in [0.1, 0.15) is 86.5 Å². The first-order valence-corrected chi connectivity index (χ1v) is 21.7. The van der Waals surface area contributed by atoms with Gasteiger partial charge in [0.25, 0.3) is 5.91 Å². The SMILES string of the molecule is CC(C)Oc1cc2ccccc2c(O[C@@H]2C[C@H]3C(=O)N[C@]4(C(=O)NS(=O)(=O)C5(CF)CC5)CC4/C=C\CC[C@@H](C)C[C@@H](C)[C@H](NC(=O)OC(C)(C)C(F)(F)F)C(=O)N3C2)n1. The summed E-state index contributed by atoms with van der Waals surface area (Å²) < 4.78 is 99.0. The summed E-state index contributed by atoms with van der Waals surface area (Å²) >= 11 is 0. The van der Waals surface area contributed by atoms with E-state index in [0.717, 1.165) is 10.3 Å². The van der Waals surface area contributed by atoms with Crippen LogP contribution in [0, 0.1) is 17.8 Å². The molecule has 0 radical (unpaired) electrons. The second-order valence-electron chi connectivity index (χ2n) is 17.5. The van der Waals surface area contributed by atoms with Crippen molar-refractivity contribution >= 4 is 44.6 Å². The number of carbonyl (C=O) groups excluding carboxylic acids is 4. The Labute approximate surface area is 346 Å². The van der Waals surface area contributed by atoms with Gasteiger partial charge in [0.15, 0.2) is 0 Å². The quantitative estimate of drug-likeness (QED) is 0.200. The first-order chi connectivity index (χ1) is 28.0. The number of sulfonamides is 1. The number of aromatic nitrogens is 1. The summed E-state index contributed by atoms with van der Waals surface area (Å²) in [6.45, 7) is 7.12. The van der Waals surface area contributed by atoms with Crippen LogP contribution in [0.5, 0.6) is 11.8 Å². The summed E-state index contributed by atoms with van der Waals surface area (Å²) in [6.07, 6.45) is -2.79. The van der Waals surface area contributed by atoms with Crippen molar-refractivity contribution in [2.24, 2.45) is 17.8 Å². The first kappa shape index (κ1) is 44.9. The van der Waals surface area contributed by atoms with Crippen LogP contribution in [0.25, 0.3) is 10.8 Å². The third-order valence-corrected chi connectivity index (χ3v) is 14.0. The van der Waals surface area contributed by atoms with E-state index < -0.39 is 92.6 Å². The number of rotatable bonds is 10. The number of ether oxygens (including phenoxy) is 3. The number of amides is 4. The largest absolute Gasteiger partial charge is 0.475 e. The molecule has 7 atom stereocenters. The summed E-state index contributed by atoms with van der Waals surface area (Å²) in [5.41, 5.74) is -4.68. The molecule has 3 fully saturated rings. The molecule has 1 aromatic carbocycles. The number of hydrogen-bond donors (Lipinski definition) is 3. The van der Waals surface area contributed by atoms with Crippen LogP contribution in [0.3, 0.4) is 0 Å². The van der Waals surface area contributed by atoms with Gasteiger partial charge in [0, 0.05) is 23.8 Å². The van der Waals surface area contributed by atoms with Crippen molar-refractivity contribution in [3.05, 3.63) is 42.5 Å². The van der Waals surface area contributed by atoms with E-state index in [1.54, 1.807) is 31.2 Å². The van der Waals surface area contributed by atoms with Gasteiger partial charge in [0.1, 0.15) is 35.1 Å². The Morgan fingerprint density at radius 1 is 1.10 bits per heavy atom. The van der Waals surface area contributed by atoms with Crippen molar-refractivity contribution in [3.8, 4) is 11.8 Å². The molecule has 3 N–H and O–H groups in total. The number of hydrogen-bond acceptors (Lipinski definition) is 10. The minimum atomic E-state index is -4.93. The van der Waals surface area contributed by atoms with Gasteiger partial charge in [-0.25, -0.2) is 17.6 Å². The molecule has 0 spiro atoms. The molecule has 2 aliphatic carbocycles. The molecule has 19 heteroatoms. The third-order valence-electron chi connectivity index (χ3n) is 11.9. The Balaban J connectivity index is 1.37. The van der Waals surface area contributed by atoms with Crippen LogP contribution >= 0.6 is 0 Å². The van der Waals surface area contributed by atoms with Gasteiger partial charge in [-0.1, -0.05) is 44.2 Å². The van der Waals surface area contributed by atoms with Crippen molar-refractivity contribution in [3.63, 3.8) is 0 Å². The molecule has 4 aliphatic rings. The number of benzene rings is 1. The highest BCUT2D eigenvalue weighted by Gasteiger charge is 2.64. The van der Waals surface area contributed by atoms with Crippen molar-refractivity contribution in [2.75, 3.05) is 13.2 Å². The molecule has 6 rings (SSSR count).